The lowest BCUT2D eigenvalue weighted by Gasteiger charge is -2.03. The molecule has 1 atom stereocenters. The van der Waals surface area contributed by atoms with Crippen LogP contribution >= 0.6 is 0 Å². The van der Waals surface area contributed by atoms with Crippen molar-refractivity contribution in [1.82, 2.24) is 4.98 Å². The number of nitrogens with one attached hydrogen (secondary N) is 1. The van der Waals surface area contributed by atoms with Gasteiger partial charge in [-0.1, -0.05) is 13.8 Å². The molecule has 0 fully saturated rings. The molecule has 0 saturated heterocycles. The fourth-order valence-electron chi connectivity index (χ4n) is 0.806. The molecule has 1 heteroatoms. The summed E-state index contributed by atoms with van der Waals surface area (Å²) >= 11 is 0. The molecule has 1 N–H and O–H groups in total. The third-order valence-electron chi connectivity index (χ3n) is 1.59. The van der Waals surface area contributed by atoms with E-state index in [1.807, 2.05) is 12.3 Å². The second kappa shape index (κ2) is 2.72. The first kappa shape index (κ1) is 6.40. The van der Waals surface area contributed by atoms with Crippen molar-refractivity contribution in [2.24, 2.45) is 0 Å². The minimum atomic E-state index is 0.569. The van der Waals surface area contributed by atoms with Gasteiger partial charge in [0.05, 0.1) is 0 Å². The lowest BCUT2D eigenvalue weighted by Crippen LogP contribution is -1.89. The van der Waals surface area contributed by atoms with Crippen LogP contribution in [0.4, 0.5) is 0 Å². The van der Waals surface area contributed by atoms with Crippen molar-refractivity contribution in [1.29, 1.82) is 0 Å². The van der Waals surface area contributed by atoms with Crippen molar-refractivity contribution in [3.8, 4) is 0 Å². The summed E-state index contributed by atoms with van der Waals surface area (Å²) in [6.45, 7) is 5.99. The first-order valence-electron chi connectivity index (χ1n) is 3.27. The molecule has 0 aromatic carbocycles. The van der Waals surface area contributed by atoms with Crippen molar-refractivity contribution in [2.75, 3.05) is 0 Å². The van der Waals surface area contributed by atoms with Crippen LogP contribution in [0.5, 0.6) is 0 Å². The zero-order valence-electron chi connectivity index (χ0n) is 5.72. The topological polar surface area (TPSA) is 15.8 Å². The predicted octanol–water partition coefficient (Wildman–Crippen LogP) is 2.34. The molecule has 0 aliphatic rings. The van der Waals surface area contributed by atoms with Gasteiger partial charge in [-0.2, -0.15) is 0 Å². The van der Waals surface area contributed by atoms with Gasteiger partial charge in [0, 0.05) is 11.9 Å². The van der Waals surface area contributed by atoms with E-state index in [9.17, 15) is 0 Å². The Morgan fingerprint density at radius 1 is 1.78 bits per heavy atom. The lowest BCUT2D eigenvalue weighted by atomic mass is 10.1. The van der Waals surface area contributed by atoms with Gasteiger partial charge in [-0.05, 0) is 24.5 Å². The molecule has 9 heavy (non-hydrogen) atoms. The fraction of sp³-hybridized carbons (Fsp3) is 0.375. The molecule has 0 bridgehead atoms. The van der Waals surface area contributed by atoms with Crippen molar-refractivity contribution in [3.05, 3.63) is 30.9 Å². The zero-order valence-corrected chi connectivity index (χ0v) is 5.72. The molecule has 1 rings (SSSR count). The van der Waals surface area contributed by atoms with Gasteiger partial charge < -0.3 is 4.98 Å². The number of rotatable bonds is 2. The van der Waals surface area contributed by atoms with Gasteiger partial charge in [-0.3, -0.25) is 0 Å². The maximum Gasteiger partial charge on any atom is 0.0175 e. The molecule has 1 radical (unpaired) electrons. The summed E-state index contributed by atoms with van der Waals surface area (Å²) in [5.74, 6) is 0.569. The van der Waals surface area contributed by atoms with Gasteiger partial charge in [-0.25, -0.2) is 0 Å². The van der Waals surface area contributed by atoms with E-state index in [4.69, 9.17) is 0 Å². The quantitative estimate of drug-likeness (QED) is 0.619. The number of aromatic amines is 1. The average molecular weight is 122 g/mol. The van der Waals surface area contributed by atoms with Crippen LogP contribution in [0.25, 0.3) is 0 Å². The molecular formula is C8H12N. The Balaban J connectivity index is 2.65. The van der Waals surface area contributed by atoms with Gasteiger partial charge >= 0.3 is 0 Å². The van der Waals surface area contributed by atoms with E-state index in [0.29, 0.717) is 5.92 Å². The van der Waals surface area contributed by atoms with E-state index in [1.54, 1.807) is 0 Å². The van der Waals surface area contributed by atoms with Crippen LogP contribution < -0.4 is 0 Å². The number of hydrogen-bond donors (Lipinski definition) is 1. The van der Waals surface area contributed by atoms with Crippen molar-refractivity contribution in [2.45, 2.75) is 19.3 Å². The standard InChI is InChI=1S/C8H12N/c1-3-7(2)8-5-4-6-9-8/h4-7,9H,1,3H2,2H3. The van der Waals surface area contributed by atoms with Crippen LogP contribution in [0, 0.1) is 6.92 Å². The highest BCUT2D eigenvalue weighted by Gasteiger charge is 2.00. The van der Waals surface area contributed by atoms with Gasteiger partial charge in [0.2, 0.25) is 0 Å². The highest BCUT2D eigenvalue weighted by atomic mass is 14.7. The number of aromatic nitrogens is 1. The Bertz CT molecular complexity index is 153. The van der Waals surface area contributed by atoms with Gasteiger partial charge in [0.15, 0.2) is 0 Å². The van der Waals surface area contributed by atoms with Gasteiger partial charge in [0.1, 0.15) is 0 Å². The Kier molecular flexibility index (Phi) is 1.93. The SMILES string of the molecule is [CH2]CC(C)c1ccc[nH]1. The smallest absolute Gasteiger partial charge is 0.0175 e. The molecule has 1 unspecified atom stereocenters. The molecule has 49 valence electrons. The van der Waals surface area contributed by atoms with Crippen LogP contribution in [-0.2, 0) is 0 Å². The second-order valence-corrected chi connectivity index (χ2v) is 2.32. The second-order valence-electron chi connectivity index (χ2n) is 2.32. The summed E-state index contributed by atoms with van der Waals surface area (Å²) < 4.78 is 0. The third-order valence-corrected chi connectivity index (χ3v) is 1.59. The Labute approximate surface area is 56.1 Å². The molecule has 0 aliphatic carbocycles. The van der Waals surface area contributed by atoms with E-state index < -0.39 is 0 Å². The molecule has 1 aromatic heterocycles. The third kappa shape index (κ3) is 1.35. The van der Waals surface area contributed by atoms with E-state index in [2.05, 4.69) is 24.9 Å². The number of H-pyrrole nitrogens is 1. The van der Waals surface area contributed by atoms with E-state index in [0.717, 1.165) is 6.42 Å². The molecule has 0 saturated carbocycles. The normalized spacial score (nSPS) is 13.6. The summed E-state index contributed by atoms with van der Waals surface area (Å²) in [5.41, 5.74) is 1.28. The first-order chi connectivity index (χ1) is 4.34. The molecule has 1 nitrogen and oxygen atoms in total. The summed E-state index contributed by atoms with van der Waals surface area (Å²) in [6.07, 6.45) is 2.90. The number of hydrogen-bond acceptors (Lipinski definition) is 0. The molecular weight excluding hydrogens is 110 g/mol. The Morgan fingerprint density at radius 3 is 3.00 bits per heavy atom. The summed E-state index contributed by atoms with van der Waals surface area (Å²) in [6, 6.07) is 4.11. The van der Waals surface area contributed by atoms with Crippen molar-refractivity contribution in [3.63, 3.8) is 0 Å². The van der Waals surface area contributed by atoms with Gasteiger partial charge in [-0.15, -0.1) is 0 Å². The highest BCUT2D eigenvalue weighted by Crippen LogP contribution is 2.14. The predicted molar refractivity (Wildman–Crippen MR) is 39.2 cm³/mol. The molecule has 1 aromatic rings. The monoisotopic (exact) mass is 122 g/mol. The van der Waals surface area contributed by atoms with E-state index in [-0.39, 0.29) is 0 Å². The van der Waals surface area contributed by atoms with Crippen LogP contribution in [0.1, 0.15) is 25.0 Å². The van der Waals surface area contributed by atoms with Crippen LogP contribution in [0.15, 0.2) is 18.3 Å². The van der Waals surface area contributed by atoms with E-state index in [1.165, 1.54) is 5.69 Å². The molecule has 1 heterocycles. The maximum absolute atomic E-state index is 3.82. The molecule has 0 amide bonds. The summed E-state index contributed by atoms with van der Waals surface area (Å²) in [7, 11) is 0. The lowest BCUT2D eigenvalue weighted by molar-refractivity contribution is 0.754. The van der Waals surface area contributed by atoms with Crippen molar-refractivity contribution >= 4 is 0 Å². The summed E-state index contributed by atoms with van der Waals surface area (Å²) in [5, 5.41) is 0. The van der Waals surface area contributed by atoms with Gasteiger partial charge in [0.25, 0.3) is 0 Å². The largest absolute Gasteiger partial charge is 0.365 e. The minimum absolute atomic E-state index is 0.569. The Morgan fingerprint density at radius 2 is 2.56 bits per heavy atom. The van der Waals surface area contributed by atoms with E-state index >= 15 is 0 Å². The summed E-state index contributed by atoms with van der Waals surface area (Å²) in [4.78, 5) is 3.15. The molecule has 0 aliphatic heterocycles. The molecule has 0 spiro atoms. The average Bonchev–Trinajstić information content (AvgIpc) is 2.37. The van der Waals surface area contributed by atoms with Crippen LogP contribution in [0.2, 0.25) is 0 Å². The van der Waals surface area contributed by atoms with Crippen LogP contribution in [-0.4, -0.2) is 4.98 Å². The Hall–Kier alpha value is -0.720. The van der Waals surface area contributed by atoms with Crippen molar-refractivity contribution < 1.29 is 0 Å². The zero-order chi connectivity index (χ0) is 6.69. The van der Waals surface area contributed by atoms with Crippen LogP contribution in [0.3, 0.4) is 0 Å². The maximum atomic E-state index is 3.82. The first-order valence-corrected chi connectivity index (χ1v) is 3.27. The fourth-order valence-corrected chi connectivity index (χ4v) is 0.806. The minimum Gasteiger partial charge on any atom is -0.365 e. The highest BCUT2D eigenvalue weighted by molar-refractivity contribution is 5.08.